The van der Waals surface area contributed by atoms with Crippen LogP contribution in [-0.2, 0) is 42.3 Å². The van der Waals surface area contributed by atoms with E-state index in [0.29, 0.717) is 32.1 Å². The van der Waals surface area contributed by atoms with Crippen LogP contribution in [0.15, 0.2) is 36.5 Å². The molecule has 6 N–H and O–H groups in total. The molecule has 0 spiro atoms. The Hall–Kier alpha value is -2.71. The number of phosphoric ester groups is 1. The summed E-state index contributed by atoms with van der Waals surface area (Å²) in [7, 11) is -4.79. The highest BCUT2D eigenvalue weighted by Gasteiger charge is 2.39. The third-order valence-electron chi connectivity index (χ3n) is 10.2. The number of carbonyl (C=O) groups excluding carboxylic acids is 3. The molecule has 0 bridgehead atoms. The number of allylic oxidation sites excluding steroid dienone is 4. The van der Waals surface area contributed by atoms with Gasteiger partial charge in [-0.2, -0.15) is 0 Å². The predicted molar refractivity (Wildman–Crippen MR) is 227 cm³/mol. The Bertz CT molecular complexity index is 1310. The van der Waals surface area contributed by atoms with Crippen LogP contribution < -0.4 is 5.73 Å². The molecule has 1 unspecified atom stereocenters. The Morgan fingerprint density at radius 1 is 0.780 bits per heavy atom. The zero-order valence-electron chi connectivity index (χ0n) is 35.8. The lowest BCUT2D eigenvalue weighted by Crippen LogP contribution is -2.34. The van der Waals surface area contributed by atoms with Gasteiger partial charge in [0.05, 0.1) is 25.4 Å². The lowest BCUT2D eigenvalue weighted by molar-refractivity contribution is -0.161. The van der Waals surface area contributed by atoms with Crippen molar-refractivity contribution in [2.45, 2.75) is 186 Å². The van der Waals surface area contributed by atoms with Gasteiger partial charge in [-0.3, -0.25) is 28.2 Å². The van der Waals surface area contributed by atoms with Crippen LogP contribution in [0.3, 0.4) is 0 Å². The number of hydrogen-bond acceptors (Lipinski definition) is 12. The van der Waals surface area contributed by atoms with Crippen LogP contribution in [0.2, 0.25) is 0 Å². The van der Waals surface area contributed by atoms with E-state index >= 15 is 0 Å². The van der Waals surface area contributed by atoms with Gasteiger partial charge in [-0.25, -0.2) is 4.57 Å². The van der Waals surface area contributed by atoms with Crippen molar-refractivity contribution in [3.05, 3.63) is 36.5 Å². The summed E-state index contributed by atoms with van der Waals surface area (Å²) in [5.74, 6) is -3.45. The van der Waals surface area contributed by atoms with E-state index in [0.717, 1.165) is 57.8 Å². The number of carboxylic acid groups (broad SMARTS) is 1. The van der Waals surface area contributed by atoms with E-state index in [9.17, 15) is 38.8 Å². The molecule has 15 heteroatoms. The fraction of sp³-hybridized carbons (Fsp3) is 0.773. The van der Waals surface area contributed by atoms with Crippen LogP contribution in [0, 0.1) is 11.8 Å². The lowest BCUT2D eigenvalue weighted by Gasteiger charge is -2.20. The summed E-state index contributed by atoms with van der Waals surface area (Å²) in [6, 6.07) is -1.57. The number of ether oxygens (including phenoxy) is 2. The number of carboxylic acids is 1. The molecular weight excluding hydrogens is 781 g/mol. The Morgan fingerprint density at radius 3 is 2.00 bits per heavy atom. The van der Waals surface area contributed by atoms with Crippen LogP contribution in [0.4, 0.5) is 0 Å². The smallest absolute Gasteiger partial charge is 0.472 e. The predicted octanol–water partition coefficient (Wildman–Crippen LogP) is 8.20. The fourth-order valence-corrected chi connectivity index (χ4v) is 7.41. The molecule has 0 aliphatic heterocycles. The highest BCUT2D eigenvalue weighted by molar-refractivity contribution is 7.47. The molecule has 7 atom stereocenters. The highest BCUT2D eigenvalue weighted by atomic mass is 31.2. The molecule has 0 saturated heterocycles. The zero-order chi connectivity index (χ0) is 43.7. The minimum atomic E-state index is -4.79. The molecule has 0 aromatic heterocycles. The van der Waals surface area contributed by atoms with Gasteiger partial charge < -0.3 is 35.4 Å². The Morgan fingerprint density at radius 2 is 1.34 bits per heavy atom. The number of carbonyl (C=O) groups is 4. The van der Waals surface area contributed by atoms with E-state index in [4.69, 9.17) is 24.8 Å². The van der Waals surface area contributed by atoms with Gasteiger partial charge in [0.1, 0.15) is 18.4 Å². The fourth-order valence-electron chi connectivity index (χ4n) is 6.63. The first kappa shape index (κ1) is 54.3. The molecule has 1 aliphatic rings. The largest absolute Gasteiger partial charge is 0.480 e. The molecule has 1 rings (SSSR count). The van der Waals surface area contributed by atoms with Gasteiger partial charge in [0.15, 0.2) is 6.10 Å². The maximum atomic E-state index is 12.7. The molecule has 340 valence electrons. The SMILES string of the molecule is CCCCCCCC/C=C\CCCCCCCC(=O)OC[C@H](COP(=O)(O)OC[C@H](N)C(=O)O)OC(=O)CCC/C=C\C[C@H]1C(=O)C[C@@H](O)[C@@H]1/C=C/[C@@H](O)CCCCC. The third-order valence-corrected chi connectivity index (χ3v) is 11.2. The molecule has 0 radical (unpaired) electrons. The molecular formula is C44H76NO13P. The summed E-state index contributed by atoms with van der Waals surface area (Å²) < 4.78 is 32.6. The van der Waals surface area contributed by atoms with Crippen molar-refractivity contribution in [2.75, 3.05) is 19.8 Å². The second-order valence-electron chi connectivity index (χ2n) is 15.6. The first-order valence-electron chi connectivity index (χ1n) is 22.1. The first-order chi connectivity index (χ1) is 28.3. The number of aliphatic carboxylic acids is 1. The number of nitrogens with two attached hydrogens (primary N) is 1. The average molecular weight is 858 g/mol. The van der Waals surface area contributed by atoms with Crippen molar-refractivity contribution < 1.29 is 62.5 Å². The number of rotatable bonds is 37. The maximum Gasteiger partial charge on any atom is 0.472 e. The normalized spacial score (nSPS) is 19.7. The third kappa shape index (κ3) is 28.4. The molecule has 59 heavy (non-hydrogen) atoms. The number of ketones is 1. The summed E-state index contributed by atoms with van der Waals surface area (Å²) in [6.45, 7) is 2.40. The van der Waals surface area contributed by atoms with Gasteiger partial charge in [-0.15, -0.1) is 0 Å². The number of esters is 2. The van der Waals surface area contributed by atoms with Crippen molar-refractivity contribution in [3.63, 3.8) is 0 Å². The molecule has 0 aromatic rings. The zero-order valence-corrected chi connectivity index (χ0v) is 36.7. The van der Waals surface area contributed by atoms with Gasteiger partial charge in [0.25, 0.3) is 0 Å². The number of aliphatic hydroxyl groups excluding tert-OH is 2. The number of unbranched alkanes of at least 4 members (excludes halogenated alkanes) is 14. The van der Waals surface area contributed by atoms with Crippen LogP contribution in [-0.4, -0.2) is 88.1 Å². The van der Waals surface area contributed by atoms with Gasteiger partial charge in [0.2, 0.25) is 0 Å². The number of phosphoric acid groups is 1. The van der Waals surface area contributed by atoms with E-state index in [2.05, 4.69) is 30.5 Å². The second-order valence-corrected chi connectivity index (χ2v) is 17.1. The average Bonchev–Trinajstić information content (AvgIpc) is 3.47. The minimum Gasteiger partial charge on any atom is -0.480 e. The molecule has 14 nitrogen and oxygen atoms in total. The number of aliphatic hydroxyl groups is 2. The van der Waals surface area contributed by atoms with Crippen LogP contribution in [0.5, 0.6) is 0 Å². The molecule has 0 amide bonds. The molecule has 0 aromatic carbocycles. The highest BCUT2D eigenvalue weighted by Crippen LogP contribution is 2.43. The number of Topliss-reactive ketones (excluding diaryl/α,β-unsaturated/α-hetero) is 1. The second kappa shape index (κ2) is 33.9. The standard InChI is InChI=1S/C44H76NO13P/c1-3-5-7-8-9-10-11-12-13-14-15-16-17-18-23-27-42(49)55-32-36(33-56-59(53,54)57-34-39(45)44(51)52)58-43(50)28-24-20-19-22-26-37-38(41(48)31-40(37)47)30-29-35(46)25-21-6-4-2/h12-13,19,22,29-30,35-39,41,46,48H,3-11,14-18,20-21,23-28,31-34,45H2,1-2H3,(H,51,52)(H,53,54)/b13-12-,22-19-,30-29+/t35-,36+,37+,38+,39-,41+/m0/s1. The van der Waals surface area contributed by atoms with E-state index in [1.807, 2.05) is 12.2 Å². The summed E-state index contributed by atoms with van der Waals surface area (Å²) in [5.41, 5.74) is 5.32. The van der Waals surface area contributed by atoms with Crippen molar-refractivity contribution in [2.24, 2.45) is 17.6 Å². The van der Waals surface area contributed by atoms with Gasteiger partial charge in [-0.1, -0.05) is 121 Å². The minimum absolute atomic E-state index is 0.0349. The summed E-state index contributed by atoms with van der Waals surface area (Å²) >= 11 is 0. The van der Waals surface area contributed by atoms with Crippen LogP contribution in [0.1, 0.15) is 162 Å². The lowest BCUT2D eigenvalue weighted by atomic mass is 9.90. The van der Waals surface area contributed by atoms with E-state index < -0.39 is 75.8 Å². The molecule has 1 saturated carbocycles. The van der Waals surface area contributed by atoms with Crippen molar-refractivity contribution in [1.82, 2.24) is 0 Å². The molecule has 1 aliphatic carbocycles. The van der Waals surface area contributed by atoms with E-state index in [1.165, 1.54) is 38.5 Å². The van der Waals surface area contributed by atoms with Crippen molar-refractivity contribution in [1.29, 1.82) is 0 Å². The Labute approximate surface area is 353 Å². The number of hydrogen-bond donors (Lipinski definition) is 5. The summed E-state index contributed by atoms with van der Waals surface area (Å²) in [5, 5.41) is 29.6. The monoisotopic (exact) mass is 858 g/mol. The van der Waals surface area contributed by atoms with Crippen molar-refractivity contribution in [3.8, 4) is 0 Å². The molecule has 1 fully saturated rings. The molecule has 0 heterocycles. The van der Waals surface area contributed by atoms with E-state index in [-0.39, 0.29) is 31.0 Å². The summed E-state index contributed by atoms with van der Waals surface area (Å²) in [6.07, 6.45) is 28.6. The van der Waals surface area contributed by atoms with Crippen molar-refractivity contribution >= 4 is 31.5 Å². The maximum absolute atomic E-state index is 12.7. The van der Waals surface area contributed by atoms with Gasteiger partial charge in [-0.05, 0) is 57.8 Å². The van der Waals surface area contributed by atoms with Gasteiger partial charge in [0, 0.05) is 31.1 Å². The van der Waals surface area contributed by atoms with E-state index in [1.54, 1.807) is 12.2 Å². The Balaban J connectivity index is 2.52. The van der Waals surface area contributed by atoms with Gasteiger partial charge >= 0.3 is 25.7 Å². The first-order valence-corrected chi connectivity index (χ1v) is 23.6. The Kier molecular flexibility index (Phi) is 31.2. The van der Waals surface area contributed by atoms with Crippen LogP contribution in [0.25, 0.3) is 0 Å². The quantitative estimate of drug-likeness (QED) is 0.0172. The van der Waals surface area contributed by atoms with Crippen LogP contribution >= 0.6 is 7.82 Å². The summed E-state index contributed by atoms with van der Waals surface area (Å²) in [4.78, 5) is 58.7. The topological polar surface area (TPSA) is 229 Å².